The van der Waals surface area contributed by atoms with Crippen LogP contribution in [0.15, 0.2) is 35.4 Å². The monoisotopic (exact) mass is 317 g/mol. The van der Waals surface area contributed by atoms with Crippen LogP contribution in [0.25, 0.3) is 0 Å². The minimum atomic E-state index is -0.512. The maximum absolute atomic E-state index is 12.4. The lowest BCUT2D eigenvalue weighted by molar-refractivity contribution is -0.141. The molecular weight excluding hydrogens is 298 g/mol. The molecule has 122 valence electrons. The lowest BCUT2D eigenvalue weighted by Gasteiger charge is -2.22. The predicted octanol–water partition coefficient (Wildman–Crippen LogP) is 1.02. The molecule has 1 atom stereocenters. The Labute approximate surface area is 134 Å². The first-order valence-corrected chi connectivity index (χ1v) is 7.28. The van der Waals surface area contributed by atoms with Crippen LogP contribution in [0.2, 0.25) is 0 Å². The molecular formula is C16H19N3O4. The number of hydrazone groups is 1. The summed E-state index contributed by atoms with van der Waals surface area (Å²) in [7, 11) is 2.82. The van der Waals surface area contributed by atoms with Gasteiger partial charge in [0, 0.05) is 19.9 Å². The van der Waals surface area contributed by atoms with Gasteiger partial charge in [0.2, 0.25) is 5.91 Å². The Morgan fingerprint density at radius 1 is 1.30 bits per heavy atom. The van der Waals surface area contributed by atoms with E-state index in [9.17, 15) is 14.4 Å². The number of hydrogen-bond donors (Lipinski definition) is 1. The summed E-state index contributed by atoms with van der Waals surface area (Å²) in [5.41, 5.74) is 1.07. The van der Waals surface area contributed by atoms with Gasteiger partial charge in [0.1, 0.15) is 5.71 Å². The highest BCUT2D eigenvalue weighted by Gasteiger charge is 2.25. The molecule has 2 rings (SSSR count). The molecule has 1 heterocycles. The van der Waals surface area contributed by atoms with E-state index in [1.54, 1.807) is 0 Å². The zero-order chi connectivity index (χ0) is 16.8. The van der Waals surface area contributed by atoms with E-state index in [0.29, 0.717) is 0 Å². The quantitative estimate of drug-likeness (QED) is 0.821. The molecule has 0 fully saturated rings. The van der Waals surface area contributed by atoms with Gasteiger partial charge in [-0.05, 0) is 5.56 Å². The maximum Gasteiger partial charge on any atom is 0.307 e. The van der Waals surface area contributed by atoms with Gasteiger partial charge in [0.25, 0.3) is 5.91 Å². The minimum absolute atomic E-state index is 0.0221. The van der Waals surface area contributed by atoms with E-state index in [1.807, 2.05) is 30.3 Å². The van der Waals surface area contributed by atoms with Crippen molar-refractivity contribution in [2.75, 3.05) is 14.2 Å². The second kappa shape index (κ2) is 7.53. The number of methoxy groups -OCH3 is 1. The Hall–Kier alpha value is -2.70. The summed E-state index contributed by atoms with van der Waals surface area (Å²) in [5, 5.41) is 7.94. The summed E-state index contributed by atoms with van der Waals surface area (Å²) in [5.74, 6) is -0.935. The molecule has 0 radical (unpaired) electrons. The fourth-order valence-electron chi connectivity index (χ4n) is 2.26. The number of hydrogen-bond acceptors (Lipinski definition) is 5. The van der Waals surface area contributed by atoms with Crippen molar-refractivity contribution >= 4 is 23.5 Å². The number of carbonyl (C=O) groups is 3. The Morgan fingerprint density at radius 3 is 2.61 bits per heavy atom. The average molecular weight is 317 g/mol. The highest BCUT2D eigenvalue weighted by Crippen LogP contribution is 2.18. The van der Waals surface area contributed by atoms with Gasteiger partial charge in [-0.1, -0.05) is 30.3 Å². The molecule has 0 saturated carbocycles. The average Bonchev–Trinajstić information content (AvgIpc) is 2.57. The van der Waals surface area contributed by atoms with Crippen molar-refractivity contribution in [1.82, 2.24) is 10.3 Å². The van der Waals surface area contributed by atoms with E-state index in [0.717, 1.165) is 10.6 Å². The van der Waals surface area contributed by atoms with Crippen LogP contribution in [0.1, 0.15) is 30.9 Å². The molecule has 2 amide bonds. The topological polar surface area (TPSA) is 88.1 Å². The Bertz CT molecular complexity index is 627. The van der Waals surface area contributed by atoms with Crippen molar-refractivity contribution in [2.45, 2.75) is 25.3 Å². The Morgan fingerprint density at radius 2 is 2.00 bits per heavy atom. The fraction of sp³-hybridized carbons (Fsp3) is 0.375. The van der Waals surface area contributed by atoms with E-state index < -0.39 is 12.0 Å². The third kappa shape index (κ3) is 4.38. The van der Waals surface area contributed by atoms with Crippen LogP contribution in [0, 0.1) is 0 Å². The molecule has 1 aliphatic rings. The summed E-state index contributed by atoms with van der Waals surface area (Å²) in [4.78, 5) is 35.4. The maximum atomic E-state index is 12.4. The van der Waals surface area contributed by atoms with Crippen molar-refractivity contribution in [2.24, 2.45) is 5.10 Å². The first-order chi connectivity index (χ1) is 11.0. The molecule has 1 N–H and O–H groups in total. The van der Waals surface area contributed by atoms with Gasteiger partial charge in [-0.3, -0.25) is 14.4 Å². The lowest BCUT2D eigenvalue weighted by Crippen LogP contribution is -2.39. The van der Waals surface area contributed by atoms with E-state index >= 15 is 0 Å². The summed E-state index contributed by atoms with van der Waals surface area (Å²) in [6, 6.07) is 8.65. The first kappa shape index (κ1) is 16.7. The lowest BCUT2D eigenvalue weighted by atomic mass is 10.0. The van der Waals surface area contributed by atoms with E-state index in [4.69, 9.17) is 0 Å². The molecule has 7 nitrogen and oxygen atoms in total. The smallest absolute Gasteiger partial charge is 0.307 e. The summed E-state index contributed by atoms with van der Waals surface area (Å²) < 4.78 is 4.69. The highest BCUT2D eigenvalue weighted by atomic mass is 16.5. The van der Waals surface area contributed by atoms with E-state index in [1.165, 1.54) is 14.2 Å². The standard InChI is InChI=1S/C16H19N3O4/c1-19-14(20)9-8-12(18-19)16(22)17-13(10-15(21)23-2)11-6-4-3-5-7-11/h3-7,13H,8-10H2,1-2H3,(H,17,22). The second-order valence-corrected chi connectivity index (χ2v) is 5.18. The van der Waals surface area contributed by atoms with Crippen molar-refractivity contribution < 1.29 is 19.1 Å². The summed E-state index contributed by atoms with van der Waals surface area (Å²) >= 11 is 0. The van der Waals surface area contributed by atoms with Gasteiger partial charge in [-0.25, -0.2) is 5.01 Å². The van der Waals surface area contributed by atoms with Crippen molar-refractivity contribution in [3.63, 3.8) is 0 Å². The fourth-order valence-corrected chi connectivity index (χ4v) is 2.26. The van der Waals surface area contributed by atoms with E-state index in [-0.39, 0.29) is 36.8 Å². The normalized spacial score (nSPS) is 15.7. The first-order valence-electron chi connectivity index (χ1n) is 7.28. The Balaban J connectivity index is 2.14. The molecule has 0 aliphatic carbocycles. The van der Waals surface area contributed by atoms with Crippen LogP contribution < -0.4 is 5.32 Å². The van der Waals surface area contributed by atoms with Crippen LogP contribution in [0.5, 0.6) is 0 Å². The molecule has 7 heteroatoms. The third-order valence-corrected chi connectivity index (χ3v) is 3.58. The molecule has 1 aliphatic heterocycles. The molecule has 0 saturated heterocycles. The van der Waals surface area contributed by atoms with Crippen molar-refractivity contribution in [3.05, 3.63) is 35.9 Å². The number of nitrogens with one attached hydrogen (secondary N) is 1. The number of rotatable bonds is 5. The van der Waals surface area contributed by atoms with Crippen LogP contribution in [-0.4, -0.2) is 42.7 Å². The largest absolute Gasteiger partial charge is 0.469 e. The van der Waals surface area contributed by atoms with Crippen LogP contribution in [0.3, 0.4) is 0 Å². The molecule has 0 bridgehead atoms. The number of nitrogens with zero attached hydrogens (tertiary/aromatic N) is 2. The van der Waals surface area contributed by atoms with Gasteiger partial charge in [-0.2, -0.15) is 5.10 Å². The van der Waals surface area contributed by atoms with Gasteiger partial charge < -0.3 is 10.1 Å². The second-order valence-electron chi connectivity index (χ2n) is 5.18. The SMILES string of the molecule is COC(=O)CC(NC(=O)C1=NN(C)C(=O)CC1)c1ccccc1. The zero-order valence-corrected chi connectivity index (χ0v) is 13.1. The molecule has 1 aromatic rings. The molecule has 0 aromatic heterocycles. The van der Waals surface area contributed by atoms with E-state index in [2.05, 4.69) is 15.2 Å². The van der Waals surface area contributed by atoms with Crippen LogP contribution in [0.4, 0.5) is 0 Å². The number of esters is 1. The zero-order valence-electron chi connectivity index (χ0n) is 13.1. The Kier molecular flexibility index (Phi) is 5.46. The third-order valence-electron chi connectivity index (χ3n) is 3.58. The number of carbonyl (C=O) groups excluding carboxylic acids is 3. The summed E-state index contributed by atoms with van der Waals surface area (Å²) in [6.45, 7) is 0. The van der Waals surface area contributed by atoms with Crippen LogP contribution >= 0.6 is 0 Å². The van der Waals surface area contributed by atoms with Crippen molar-refractivity contribution in [1.29, 1.82) is 0 Å². The van der Waals surface area contributed by atoms with Gasteiger partial charge in [0.05, 0.1) is 19.6 Å². The van der Waals surface area contributed by atoms with Gasteiger partial charge >= 0.3 is 5.97 Å². The molecule has 1 unspecified atom stereocenters. The van der Waals surface area contributed by atoms with Gasteiger partial charge in [0.15, 0.2) is 0 Å². The molecule has 0 spiro atoms. The molecule has 23 heavy (non-hydrogen) atoms. The number of benzene rings is 1. The number of ether oxygens (including phenoxy) is 1. The summed E-state index contributed by atoms with van der Waals surface area (Å²) in [6.07, 6.45) is 0.554. The number of amides is 2. The van der Waals surface area contributed by atoms with Crippen LogP contribution in [-0.2, 0) is 19.1 Å². The predicted molar refractivity (Wildman–Crippen MR) is 83.4 cm³/mol. The minimum Gasteiger partial charge on any atom is -0.469 e. The highest BCUT2D eigenvalue weighted by molar-refractivity contribution is 6.39. The molecule has 1 aromatic carbocycles. The van der Waals surface area contributed by atoms with Gasteiger partial charge in [-0.15, -0.1) is 0 Å². The van der Waals surface area contributed by atoms with Crippen molar-refractivity contribution in [3.8, 4) is 0 Å².